The fourth-order valence-corrected chi connectivity index (χ4v) is 2.03. The van der Waals surface area contributed by atoms with Gasteiger partial charge < -0.3 is 0 Å². The van der Waals surface area contributed by atoms with E-state index < -0.39 is 22.2 Å². The highest BCUT2D eigenvalue weighted by molar-refractivity contribution is 6.09. The predicted octanol–water partition coefficient (Wildman–Crippen LogP) is 0.899. The van der Waals surface area contributed by atoms with Gasteiger partial charge in [0.05, 0.1) is 10.3 Å². The second-order valence-corrected chi connectivity index (χ2v) is 4.16. The van der Waals surface area contributed by atoms with Crippen LogP contribution >= 0.6 is 0 Å². The molecule has 0 spiro atoms. The van der Waals surface area contributed by atoms with Crippen LogP contribution in [0.4, 0.5) is 5.69 Å². The van der Waals surface area contributed by atoms with Crippen molar-refractivity contribution < 1.29 is 14.5 Å². The van der Waals surface area contributed by atoms with Crippen LogP contribution in [0.25, 0.3) is 0 Å². The van der Waals surface area contributed by atoms with Gasteiger partial charge in [0.1, 0.15) is 0 Å². The van der Waals surface area contributed by atoms with E-state index in [2.05, 4.69) is 5.32 Å². The van der Waals surface area contributed by atoms with E-state index >= 15 is 0 Å². The smallest absolute Gasteiger partial charge is 0.273 e. The van der Waals surface area contributed by atoms with Gasteiger partial charge in [0, 0.05) is 18.1 Å². The maximum atomic E-state index is 11.7. The molecule has 1 heterocycles. The summed E-state index contributed by atoms with van der Waals surface area (Å²) >= 11 is 0. The number of rotatable bonds is 2. The number of imide groups is 1. The number of para-hydroxylation sites is 1. The lowest BCUT2D eigenvalue weighted by molar-refractivity contribution is -0.385. The van der Waals surface area contributed by atoms with Gasteiger partial charge in [0.15, 0.2) is 0 Å². The lowest BCUT2D eigenvalue weighted by Crippen LogP contribution is -2.33. The summed E-state index contributed by atoms with van der Waals surface area (Å²) < 4.78 is 0. The standard InChI is InChI=1S/C11H10N2O4/c1-11(6-9(14)12-10(11)15)7-4-2-3-5-8(7)13(16)17/h2-5H,6H2,1H3,(H,12,14,15). The van der Waals surface area contributed by atoms with Gasteiger partial charge in [-0.2, -0.15) is 0 Å². The summed E-state index contributed by atoms with van der Waals surface area (Å²) in [6.45, 7) is 1.54. The summed E-state index contributed by atoms with van der Waals surface area (Å²) in [6, 6.07) is 5.98. The molecule has 1 unspecified atom stereocenters. The minimum Gasteiger partial charge on any atom is -0.296 e. The number of hydrogen-bond donors (Lipinski definition) is 1. The van der Waals surface area contributed by atoms with Crippen LogP contribution in [0.2, 0.25) is 0 Å². The van der Waals surface area contributed by atoms with Crippen LogP contribution in [-0.4, -0.2) is 16.7 Å². The Morgan fingerprint density at radius 1 is 1.35 bits per heavy atom. The van der Waals surface area contributed by atoms with Gasteiger partial charge in [0.2, 0.25) is 11.8 Å². The quantitative estimate of drug-likeness (QED) is 0.467. The summed E-state index contributed by atoms with van der Waals surface area (Å²) in [5, 5.41) is 13.1. The van der Waals surface area contributed by atoms with E-state index in [-0.39, 0.29) is 17.7 Å². The van der Waals surface area contributed by atoms with Gasteiger partial charge >= 0.3 is 0 Å². The van der Waals surface area contributed by atoms with Gasteiger partial charge in [-0.3, -0.25) is 25.0 Å². The minimum atomic E-state index is -1.15. The average molecular weight is 234 g/mol. The van der Waals surface area contributed by atoms with Crippen LogP contribution in [0.1, 0.15) is 18.9 Å². The third-order valence-corrected chi connectivity index (χ3v) is 2.96. The van der Waals surface area contributed by atoms with Crippen LogP contribution in [0.15, 0.2) is 24.3 Å². The molecule has 2 rings (SSSR count). The van der Waals surface area contributed by atoms with Crippen LogP contribution < -0.4 is 5.32 Å². The Balaban J connectivity index is 2.57. The highest BCUT2D eigenvalue weighted by Crippen LogP contribution is 2.37. The monoisotopic (exact) mass is 234 g/mol. The maximum absolute atomic E-state index is 11.7. The van der Waals surface area contributed by atoms with Crippen LogP contribution in [0.5, 0.6) is 0 Å². The van der Waals surface area contributed by atoms with E-state index in [4.69, 9.17) is 0 Å². The van der Waals surface area contributed by atoms with Crippen molar-refractivity contribution in [2.45, 2.75) is 18.8 Å². The Morgan fingerprint density at radius 2 is 2.00 bits per heavy atom. The van der Waals surface area contributed by atoms with Crippen molar-refractivity contribution in [2.75, 3.05) is 0 Å². The molecule has 1 aromatic rings. The first-order valence-corrected chi connectivity index (χ1v) is 5.03. The second kappa shape index (κ2) is 3.65. The third-order valence-electron chi connectivity index (χ3n) is 2.96. The van der Waals surface area contributed by atoms with Crippen molar-refractivity contribution in [2.24, 2.45) is 0 Å². The molecule has 0 radical (unpaired) electrons. The van der Waals surface area contributed by atoms with Gasteiger partial charge in [-0.25, -0.2) is 0 Å². The molecular formula is C11H10N2O4. The molecule has 0 aliphatic carbocycles. The summed E-state index contributed by atoms with van der Waals surface area (Å²) in [5.41, 5.74) is -1.02. The van der Waals surface area contributed by atoms with E-state index in [1.807, 2.05) is 0 Å². The van der Waals surface area contributed by atoms with E-state index in [0.29, 0.717) is 0 Å². The number of amides is 2. The highest BCUT2D eigenvalue weighted by Gasteiger charge is 2.47. The van der Waals surface area contributed by atoms with Gasteiger partial charge in [-0.1, -0.05) is 18.2 Å². The maximum Gasteiger partial charge on any atom is 0.273 e. The number of nitro benzene ring substituents is 1. The highest BCUT2D eigenvalue weighted by atomic mass is 16.6. The first-order valence-electron chi connectivity index (χ1n) is 5.03. The Kier molecular flexibility index (Phi) is 2.42. The largest absolute Gasteiger partial charge is 0.296 e. The van der Waals surface area contributed by atoms with Crippen molar-refractivity contribution in [3.8, 4) is 0 Å². The molecule has 1 aromatic carbocycles. The molecule has 0 bridgehead atoms. The van der Waals surface area contributed by atoms with Gasteiger partial charge in [-0.15, -0.1) is 0 Å². The van der Waals surface area contributed by atoms with Crippen molar-refractivity contribution in [3.05, 3.63) is 39.9 Å². The summed E-state index contributed by atoms with van der Waals surface area (Å²) in [4.78, 5) is 33.3. The number of hydrogen-bond acceptors (Lipinski definition) is 4. The average Bonchev–Trinajstić information content (AvgIpc) is 2.53. The van der Waals surface area contributed by atoms with Crippen LogP contribution in [0.3, 0.4) is 0 Å². The van der Waals surface area contributed by atoms with Crippen molar-refractivity contribution in [1.82, 2.24) is 5.32 Å². The summed E-state index contributed by atoms with van der Waals surface area (Å²) in [7, 11) is 0. The zero-order valence-electron chi connectivity index (χ0n) is 9.10. The molecule has 88 valence electrons. The fourth-order valence-electron chi connectivity index (χ4n) is 2.03. The zero-order chi connectivity index (χ0) is 12.6. The molecule has 0 saturated carbocycles. The second-order valence-electron chi connectivity index (χ2n) is 4.16. The molecule has 2 amide bonds. The SMILES string of the molecule is CC1(c2ccccc2[N+](=O)[O-])CC(=O)NC1=O. The number of nitro groups is 1. The minimum absolute atomic E-state index is 0.0588. The zero-order valence-corrected chi connectivity index (χ0v) is 9.10. The third kappa shape index (κ3) is 1.67. The number of carbonyl (C=O) groups is 2. The lowest BCUT2D eigenvalue weighted by Gasteiger charge is -2.19. The molecule has 1 aliphatic heterocycles. The Labute approximate surface area is 96.8 Å². The molecule has 6 nitrogen and oxygen atoms in total. The number of nitrogens with zero attached hydrogens (tertiary/aromatic N) is 1. The van der Waals surface area contributed by atoms with E-state index in [9.17, 15) is 19.7 Å². The first kappa shape index (κ1) is 11.3. The molecule has 17 heavy (non-hydrogen) atoms. The lowest BCUT2D eigenvalue weighted by atomic mass is 9.80. The molecule has 1 saturated heterocycles. The normalized spacial score (nSPS) is 23.6. The molecule has 1 fully saturated rings. The van der Waals surface area contributed by atoms with Gasteiger partial charge in [-0.05, 0) is 6.92 Å². The van der Waals surface area contributed by atoms with Gasteiger partial charge in [0.25, 0.3) is 5.69 Å². The molecular weight excluding hydrogens is 224 g/mol. The predicted molar refractivity (Wildman–Crippen MR) is 58.2 cm³/mol. The number of benzene rings is 1. The molecule has 1 atom stereocenters. The molecule has 1 N–H and O–H groups in total. The number of nitrogens with one attached hydrogen (secondary N) is 1. The van der Waals surface area contributed by atoms with Crippen LogP contribution in [0, 0.1) is 10.1 Å². The Bertz CT molecular complexity index is 526. The molecule has 0 aromatic heterocycles. The van der Waals surface area contributed by atoms with Crippen molar-refractivity contribution in [3.63, 3.8) is 0 Å². The Morgan fingerprint density at radius 3 is 2.53 bits per heavy atom. The molecule has 1 aliphatic rings. The topological polar surface area (TPSA) is 89.3 Å². The number of carbonyl (C=O) groups excluding carboxylic acids is 2. The van der Waals surface area contributed by atoms with Crippen molar-refractivity contribution >= 4 is 17.5 Å². The van der Waals surface area contributed by atoms with E-state index in [1.54, 1.807) is 6.07 Å². The Hall–Kier alpha value is -2.24. The van der Waals surface area contributed by atoms with Crippen molar-refractivity contribution in [1.29, 1.82) is 0 Å². The first-order chi connectivity index (χ1) is 7.95. The molecule has 6 heteroatoms. The van der Waals surface area contributed by atoms with Crippen LogP contribution in [-0.2, 0) is 15.0 Å². The van der Waals surface area contributed by atoms with E-state index in [1.165, 1.54) is 25.1 Å². The van der Waals surface area contributed by atoms with E-state index in [0.717, 1.165) is 0 Å². The summed E-state index contributed by atoms with van der Waals surface area (Å²) in [5.74, 6) is -0.896. The fraction of sp³-hybridized carbons (Fsp3) is 0.273. The summed E-state index contributed by atoms with van der Waals surface area (Å²) in [6.07, 6.45) is -0.0588.